The van der Waals surface area contributed by atoms with Crippen molar-refractivity contribution in [2.45, 2.75) is 66.3 Å². The van der Waals surface area contributed by atoms with Crippen molar-refractivity contribution in [2.75, 3.05) is 0 Å². The van der Waals surface area contributed by atoms with E-state index in [4.69, 9.17) is 4.74 Å². The molecule has 0 saturated carbocycles. The van der Waals surface area contributed by atoms with Gasteiger partial charge in [0.25, 0.3) is 5.91 Å². The van der Waals surface area contributed by atoms with Gasteiger partial charge in [0.1, 0.15) is 5.82 Å². The van der Waals surface area contributed by atoms with Gasteiger partial charge >= 0.3 is 11.9 Å². The highest BCUT2D eigenvalue weighted by Crippen LogP contribution is 2.44. The van der Waals surface area contributed by atoms with Crippen LogP contribution in [0.4, 0.5) is 4.39 Å². The summed E-state index contributed by atoms with van der Waals surface area (Å²) >= 11 is 0. The summed E-state index contributed by atoms with van der Waals surface area (Å²) in [5.41, 5.74) is 5.30. The number of benzene rings is 3. The van der Waals surface area contributed by atoms with Crippen molar-refractivity contribution >= 4 is 17.8 Å². The SMILES string of the molecule is Cc1ccc(-c2c(C)c3c(c(C)c2C(OC(C)(C)C)C(=O)O)CN(C(=O)c2cc(F)cc(C(=O)O)c2)C3)cc1. The van der Waals surface area contributed by atoms with Crippen LogP contribution in [0, 0.1) is 26.6 Å². The fourth-order valence-corrected chi connectivity index (χ4v) is 5.19. The van der Waals surface area contributed by atoms with Crippen LogP contribution in [0.3, 0.4) is 0 Å². The van der Waals surface area contributed by atoms with Crippen molar-refractivity contribution in [3.8, 4) is 11.1 Å². The van der Waals surface area contributed by atoms with Gasteiger partial charge in [-0.15, -0.1) is 0 Å². The van der Waals surface area contributed by atoms with Crippen molar-refractivity contribution in [1.29, 1.82) is 0 Å². The molecule has 0 radical (unpaired) electrons. The lowest BCUT2D eigenvalue weighted by atomic mass is 9.83. The zero-order chi connectivity index (χ0) is 28.8. The van der Waals surface area contributed by atoms with E-state index >= 15 is 0 Å². The van der Waals surface area contributed by atoms with Gasteiger partial charge in [0.05, 0.1) is 11.2 Å². The first-order valence-corrected chi connectivity index (χ1v) is 12.6. The second-order valence-electron chi connectivity index (χ2n) is 11.0. The number of fused-ring (bicyclic) bond motifs is 1. The van der Waals surface area contributed by atoms with Crippen LogP contribution in [0.15, 0.2) is 42.5 Å². The summed E-state index contributed by atoms with van der Waals surface area (Å²) in [6.45, 7) is 11.5. The highest BCUT2D eigenvalue weighted by molar-refractivity contribution is 5.98. The predicted molar refractivity (Wildman–Crippen MR) is 144 cm³/mol. The van der Waals surface area contributed by atoms with Gasteiger partial charge in [0.2, 0.25) is 0 Å². The number of hydrogen-bond acceptors (Lipinski definition) is 4. The summed E-state index contributed by atoms with van der Waals surface area (Å²) < 4.78 is 20.2. The Morgan fingerprint density at radius 1 is 0.897 bits per heavy atom. The maximum atomic E-state index is 14.1. The molecule has 2 N–H and O–H groups in total. The first-order chi connectivity index (χ1) is 18.2. The zero-order valence-corrected chi connectivity index (χ0v) is 22.9. The summed E-state index contributed by atoms with van der Waals surface area (Å²) in [5, 5.41) is 19.6. The average Bonchev–Trinajstić information content (AvgIpc) is 3.30. The fraction of sp³-hybridized carbons (Fsp3) is 0.323. The van der Waals surface area contributed by atoms with Crippen LogP contribution in [-0.2, 0) is 22.6 Å². The van der Waals surface area contributed by atoms with Gasteiger partial charge in [0.15, 0.2) is 6.10 Å². The third-order valence-corrected chi connectivity index (χ3v) is 6.99. The number of rotatable bonds is 6. The Morgan fingerprint density at radius 2 is 1.46 bits per heavy atom. The second kappa shape index (κ2) is 10.3. The van der Waals surface area contributed by atoms with E-state index in [0.717, 1.165) is 51.6 Å². The number of nitrogens with zero attached hydrogens (tertiary/aromatic N) is 1. The monoisotopic (exact) mass is 533 g/mol. The largest absolute Gasteiger partial charge is 0.479 e. The maximum Gasteiger partial charge on any atom is 0.337 e. The minimum absolute atomic E-state index is 0.0611. The Labute approximate surface area is 226 Å². The number of carboxylic acid groups (broad SMARTS) is 2. The second-order valence-corrected chi connectivity index (χ2v) is 11.0. The van der Waals surface area contributed by atoms with E-state index in [9.17, 15) is 29.0 Å². The van der Waals surface area contributed by atoms with Crippen LogP contribution < -0.4 is 0 Å². The Morgan fingerprint density at radius 3 is 2.00 bits per heavy atom. The number of amides is 1. The van der Waals surface area contributed by atoms with E-state index in [2.05, 4.69) is 0 Å². The molecule has 3 aromatic rings. The molecule has 1 amide bonds. The Bertz CT molecular complexity index is 1490. The number of carbonyl (C=O) groups is 3. The normalized spacial score (nSPS) is 13.8. The minimum atomic E-state index is -1.33. The molecule has 0 aromatic heterocycles. The van der Waals surface area contributed by atoms with Gasteiger partial charge in [-0.1, -0.05) is 29.8 Å². The molecule has 0 spiro atoms. The Balaban J connectivity index is 1.88. The van der Waals surface area contributed by atoms with Crippen molar-refractivity contribution < 1.29 is 33.7 Å². The third-order valence-electron chi connectivity index (χ3n) is 6.99. The number of aromatic carboxylic acids is 1. The molecule has 0 saturated heterocycles. The first-order valence-electron chi connectivity index (χ1n) is 12.6. The highest BCUT2D eigenvalue weighted by atomic mass is 19.1. The van der Waals surface area contributed by atoms with Crippen molar-refractivity contribution in [2.24, 2.45) is 0 Å². The number of aryl methyl sites for hydroxylation is 1. The number of ether oxygens (including phenoxy) is 1. The quantitative estimate of drug-likeness (QED) is 0.390. The molecule has 0 aliphatic carbocycles. The molecular formula is C31H32FNO6. The summed E-state index contributed by atoms with van der Waals surface area (Å²) in [6.07, 6.45) is -1.25. The average molecular weight is 534 g/mol. The van der Waals surface area contributed by atoms with E-state index in [1.807, 2.05) is 45.0 Å². The molecule has 8 heteroatoms. The third kappa shape index (κ3) is 5.56. The molecular weight excluding hydrogens is 501 g/mol. The fourth-order valence-electron chi connectivity index (χ4n) is 5.19. The van der Waals surface area contributed by atoms with Gasteiger partial charge in [0, 0.05) is 24.2 Å². The lowest BCUT2D eigenvalue weighted by molar-refractivity contribution is -0.160. The lowest BCUT2D eigenvalue weighted by Crippen LogP contribution is -2.28. The molecule has 0 bridgehead atoms. The van der Waals surface area contributed by atoms with E-state index in [1.165, 1.54) is 4.90 Å². The summed E-state index contributed by atoms with van der Waals surface area (Å²) in [6, 6.07) is 10.9. The minimum Gasteiger partial charge on any atom is -0.479 e. The maximum absolute atomic E-state index is 14.1. The van der Waals surface area contributed by atoms with Gasteiger partial charge < -0.3 is 19.8 Å². The van der Waals surface area contributed by atoms with E-state index in [-0.39, 0.29) is 24.2 Å². The first kappa shape index (κ1) is 28.0. The van der Waals surface area contributed by atoms with Crippen molar-refractivity contribution in [1.82, 2.24) is 4.90 Å². The van der Waals surface area contributed by atoms with Crippen LogP contribution in [0.2, 0.25) is 0 Å². The molecule has 1 aliphatic rings. The van der Waals surface area contributed by atoms with Gasteiger partial charge in [-0.25, -0.2) is 14.0 Å². The van der Waals surface area contributed by atoms with Crippen LogP contribution in [-0.4, -0.2) is 38.6 Å². The Hall–Kier alpha value is -4.04. The topological polar surface area (TPSA) is 104 Å². The number of carboxylic acids is 2. The van der Waals surface area contributed by atoms with Crippen LogP contribution in [0.5, 0.6) is 0 Å². The molecule has 39 heavy (non-hydrogen) atoms. The van der Waals surface area contributed by atoms with Crippen LogP contribution in [0.1, 0.15) is 81.0 Å². The number of carbonyl (C=O) groups excluding carboxylic acids is 1. The Kier molecular flexibility index (Phi) is 7.36. The molecule has 1 unspecified atom stereocenters. The van der Waals surface area contributed by atoms with Gasteiger partial charge in [-0.05, 0) is 93.1 Å². The smallest absolute Gasteiger partial charge is 0.337 e. The van der Waals surface area contributed by atoms with E-state index in [0.29, 0.717) is 11.1 Å². The molecule has 1 aliphatic heterocycles. The summed E-state index contributed by atoms with van der Waals surface area (Å²) in [7, 11) is 0. The molecule has 0 fully saturated rings. The molecule has 4 rings (SSSR count). The number of halogens is 1. The predicted octanol–water partition coefficient (Wildman–Crippen LogP) is 6.21. The zero-order valence-electron chi connectivity index (χ0n) is 22.9. The number of aliphatic carboxylic acids is 1. The molecule has 1 heterocycles. The molecule has 1 atom stereocenters. The molecule has 204 valence electrons. The van der Waals surface area contributed by atoms with Crippen LogP contribution in [0.25, 0.3) is 11.1 Å². The summed E-state index contributed by atoms with van der Waals surface area (Å²) in [5.74, 6) is -3.76. The number of hydrogen-bond donors (Lipinski definition) is 2. The lowest BCUT2D eigenvalue weighted by Gasteiger charge is -2.29. The van der Waals surface area contributed by atoms with E-state index < -0.39 is 35.4 Å². The van der Waals surface area contributed by atoms with Crippen LogP contribution >= 0.6 is 0 Å². The highest BCUT2D eigenvalue weighted by Gasteiger charge is 2.36. The molecule has 7 nitrogen and oxygen atoms in total. The summed E-state index contributed by atoms with van der Waals surface area (Å²) in [4.78, 5) is 38.9. The van der Waals surface area contributed by atoms with Crippen molar-refractivity contribution in [3.63, 3.8) is 0 Å². The van der Waals surface area contributed by atoms with Gasteiger partial charge in [-0.3, -0.25) is 4.79 Å². The van der Waals surface area contributed by atoms with Crippen molar-refractivity contribution in [3.05, 3.63) is 92.8 Å². The van der Waals surface area contributed by atoms with E-state index in [1.54, 1.807) is 20.8 Å². The molecule has 3 aromatic carbocycles. The standard InChI is InChI=1S/C31H32FNO6/c1-16-7-9-19(10-8-16)25-17(2)23-14-33(28(34)20-11-21(29(35)36)13-22(32)12-20)15-24(23)18(3)26(25)27(30(37)38)39-31(4,5)6/h7-13,27H,14-15H2,1-6H3,(H,35,36)(H,37,38). The van der Waals surface area contributed by atoms with Gasteiger partial charge in [-0.2, -0.15) is 0 Å².